The van der Waals surface area contributed by atoms with E-state index in [9.17, 15) is 14.0 Å². The van der Waals surface area contributed by atoms with Gasteiger partial charge in [0.1, 0.15) is 23.0 Å². The van der Waals surface area contributed by atoms with E-state index in [2.05, 4.69) is 5.32 Å². The van der Waals surface area contributed by atoms with Gasteiger partial charge in [-0.1, -0.05) is 35.9 Å². The van der Waals surface area contributed by atoms with Crippen LogP contribution in [0, 0.1) is 5.82 Å². The molecule has 1 heterocycles. The molecule has 0 saturated carbocycles. The maximum atomic E-state index is 13.5. The summed E-state index contributed by atoms with van der Waals surface area (Å²) < 4.78 is 24.2. The summed E-state index contributed by atoms with van der Waals surface area (Å²) in [5.74, 6) is -0.885. The normalized spacial score (nSPS) is 13.6. The van der Waals surface area contributed by atoms with Crippen LogP contribution in [0.1, 0.15) is 5.56 Å². The van der Waals surface area contributed by atoms with E-state index in [4.69, 9.17) is 21.1 Å². The van der Waals surface area contributed by atoms with Crippen LogP contribution in [0.15, 0.2) is 72.4 Å². The first-order valence-electron chi connectivity index (χ1n) is 9.57. The first-order chi connectivity index (χ1) is 15.4. The van der Waals surface area contributed by atoms with E-state index in [1.165, 1.54) is 44.6 Å². The van der Waals surface area contributed by atoms with Crippen LogP contribution in [-0.4, -0.2) is 26.0 Å². The van der Waals surface area contributed by atoms with Crippen molar-refractivity contribution in [2.45, 2.75) is 0 Å². The first kappa shape index (κ1) is 21.4. The predicted molar refractivity (Wildman–Crippen MR) is 120 cm³/mol. The molecule has 0 aliphatic carbocycles. The number of imide groups is 1. The zero-order valence-electron chi connectivity index (χ0n) is 17.2. The van der Waals surface area contributed by atoms with E-state index in [-0.39, 0.29) is 17.0 Å². The number of hydrogen-bond donors (Lipinski definition) is 1. The van der Waals surface area contributed by atoms with Crippen LogP contribution in [0.2, 0.25) is 5.02 Å². The molecule has 6 nitrogen and oxygen atoms in total. The lowest BCUT2D eigenvalue weighted by Crippen LogP contribution is -2.32. The van der Waals surface area contributed by atoms with E-state index in [0.29, 0.717) is 27.8 Å². The summed E-state index contributed by atoms with van der Waals surface area (Å²) in [5, 5.41) is 3.36. The Morgan fingerprint density at radius 2 is 1.56 bits per heavy atom. The van der Waals surface area contributed by atoms with Gasteiger partial charge in [-0.25, -0.2) is 9.29 Å². The molecular formula is C24H18ClFN2O4. The lowest BCUT2D eigenvalue weighted by Gasteiger charge is -2.19. The van der Waals surface area contributed by atoms with Gasteiger partial charge in [-0.15, -0.1) is 0 Å². The number of methoxy groups -OCH3 is 2. The molecule has 3 aromatic carbocycles. The molecule has 0 spiro atoms. The Bertz CT molecular complexity index is 1240. The molecule has 8 heteroatoms. The summed E-state index contributed by atoms with van der Waals surface area (Å²) >= 11 is 6.13. The second kappa shape index (κ2) is 8.72. The minimum atomic E-state index is -0.610. The SMILES string of the molecule is COc1ccccc1NC1=C(c2ccc(F)cc2)C(=O)N(c2cc(Cl)ccc2OC)C1=O. The van der Waals surface area contributed by atoms with Gasteiger partial charge in [0.25, 0.3) is 11.8 Å². The van der Waals surface area contributed by atoms with E-state index in [1.54, 1.807) is 36.4 Å². The van der Waals surface area contributed by atoms with Crippen LogP contribution < -0.4 is 19.7 Å². The number of carbonyl (C=O) groups excluding carboxylic acids is 2. The Morgan fingerprint density at radius 1 is 0.875 bits per heavy atom. The molecule has 4 rings (SSSR count). The Kier molecular flexibility index (Phi) is 5.83. The molecule has 3 aromatic rings. The predicted octanol–water partition coefficient (Wildman–Crippen LogP) is 4.89. The van der Waals surface area contributed by atoms with Gasteiger partial charge in [0.2, 0.25) is 0 Å². The summed E-state index contributed by atoms with van der Waals surface area (Å²) in [6.45, 7) is 0. The topological polar surface area (TPSA) is 67.9 Å². The lowest BCUT2D eigenvalue weighted by atomic mass is 10.0. The van der Waals surface area contributed by atoms with Gasteiger partial charge in [0.15, 0.2) is 0 Å². The average Bonchev–Trinajstić information content (AvgIpc) is 3.04. The number of amides is 2. The van der Waals surface area contributed by atoms with Crippen molar-refractivity contribution in [2.75, 3.05) is 24.4 Å². The summed E-state index contributed by atoms with van der Waals surface area (Å²) in [6.07, 6.45) is 0. The molecule has 1 aliphatic rings. The van der Waals surface area contributed by atoms with Crippen LogP contribution in [0.5, 0.6) is 11.5 Å². The van der Waals surface area contributed by atoms with E-state index in [0.717, 1.165) is 4.90 Å². The van der Waals surface area contributed by atoms with Gasteiger partial charge in [0, 0.05) is 5.02 Å². The maximum absolute atomic E-state index is 13.5. The average molecular weight is 453 g/mol. The highest BCUT2D eigenvalue weighted by Gasteiger charge is 2.41. The molecule has 0 aromatic heterocycles. The van der Waals surface area contributed by atoms with Gasteiger partial charge in [-0.3, -0.25) is 9.59 Å². The third-order valence-electron chi connectivity index (χ3n) is 4.97. The highest BCUT2D eigenvalue weighted by molar-refractivity contribution is 6.46. The third-order valence-corrected chi connectivity index (χ3v) is 5.20. The molecule has 32 heavy (non-hydrogen) atoms. The first-order valence-corrected chi connectivity index (χ1v) is 9.95. The van der Waals surface area contributed by atoms with Crippen molar-refractivity contribution >= 4 is 40.4 Å². The smallest absolute Gasteiger partial charge is 0.282 e. The minimum Gasteiger partial charge on any atom is -0.495 e. The van der Waals surface area contributed by atoms with Crippen molar-refractivity contribution in [1.29, 1.82) is 0 Å². The largest absolute Gasteiger partial charge is 0.495 e. The number of nitrogens with zero attached hydrogens (tertiary/aromatic N) is 1. The van der Waals surface area contributed by atoms with Crippen molar-refractivity contribution in [2.24, 2.45) is 0 Å². The van der Waals surface area contributed by atoms with Crippen LogP contribution in [0.25, 0.3) is 5.57 Å². The standard InChI is InChI=1S/C24H18ClFN2O4/c1-31-19-6-4-3-5-17(19)27-22-21(14-7-10-16(26)11-8-14)23(29)28(24(22)30)18-13-15(25)9-12-20(18)32-2/h3-13,27H,1-2H3. The van der Waals surface area contributed by atoms with Gasteiger partial charge in [0.05, 0.1) is 31.2 Å². The molecule has 0 bridgehead atoms. The van der Waals surface area contributed by atoms with Crippen molar-refractivity contribution in [3.8, 4) is 11.5 Å². The molecule has 162 valence electrons. The number of ether oxygens (including phenoxy) is 2. The fraction of sp³-hybridized carbons (Fsp3) is 0.0833. The van der Waals surface area contributed by atoms with Crippen molar-refractivity contribution < 1.29 is 23.5 Å². The van der Waals surface area contributed by atoms with Gasteiger partial charge < -0.3 is 14.8 Å². The van der Waals surface area contributed by atoms with E-state index >= 15 is 0 Å². The van der Waals surface area contributed by atoms with Crippen molar-refractivity contribution in [3.63, 3.8) is 0 Å². The molecule has 1 N–H and O–H groups in total. The minimum absolute atomic E-state index is 0.0214. The second-order valence-electron chi connectivity index (χ2n) is 6.84. The molecule has 1 aliphatic heterocycles. The second-order valence-corrected chi connectivity index (χ2v) is 7.28. The summed E-state index contributed by atoms with van der Waals surface area (Å²) in [5.41, 5.74) is 1.18. The number of carbonyl (C=O) groups is 2. The van der Waals surface area contributed by atoms with Crippen LogP contribution in [-0.2, 0) is 9.59 Å². The van der Waals surface area contributed by atoms with Crippen LogP contribution >= 0.6 is 11.6 Å². The van der Waals surface area contributed by atoms with Crippen molar-refractivity contribution in [1.82, 2.24) is 0 Å². The molecular weight excluding hydrogens is 435 g/mol. The Hall–Kier alpha value is -3.84. The Balaban J connectivity index is 1.87. The number of hydrogen-bond acceptors (Lipinski definition) is 5. The quantitative estimate of drug-likeness (QED) is 0.539. The molecule has 0 atom stereocenters. The lowest BCUT2D eigenvalue weighted by molar-refractivity contribution is -0.120. The number of nitrogens with one attached hydrogen (secondary N) is 1. The molecule has 0 radical (unpaired) electrons. The summed E-state index contributed by atoms with van der Waals surface area (Å²) in [4.78, 5) is 28.0. The van der Waals surface area contributed by atoms with Gasteiger partial charge >= 0.3 is 0 Å². The van der Waals surface area contributed by atoms with Crippen LogP contribution in [0.4, 0.5) is 15.8 Å². The summed E-state index contributed by atoms with van der Waals surface area (Å²) in [7, 11) is 2.93. The molecule has 0 fully saturated rings. The highest BCUT2D eigenvalue weighted by atomic mass is 35.5. The number of anilines is 2. The summed E-state index contributed by atoms with van der Waals surface area (Å²) in [6, 6.07) is 17.0. The Labute approximate surface area is 188 Å². The fourth-order valence-corrected chi connectivity index (χ4v) is 3.64. The number of rotatable bonds is 6. The zero-order valence-corrected chi connectivity index (χ0v) is 17.9. The van der Waals surface area contributed by atoms with Crippen molar-refractivity contribution in [3.05, 3.63) is 88.8 Å². The fourth-order valence-electron chi connectivity index (χ4n) is 3.47. The number of para-hydroxylation sites is 2. The van der Waals surface area contributed by atoms with Gasteiger partial charge in [-0.2, -0.15) is 0 Å². The number of benzene rings is 3. The Morgan fingerprint density at radius 3 is 2.25 bits per heavy atom. The highest BCUT2D eigenvalue weighted by Crippen LogP contribution is 2.39. The maximum Gasteiger partial charge on any atom is 0.282 e. The molecule has 0 unspecified atom stereocenters. The zero-order chi connectivity index (χ0) is 22.8. The third kappa shape index (κ3) is 3.78. The monoisotopic (exact) mass is 452 g/mol. The van der Waals surface area contributed by atoms with Gasteiger partial charge in [-0.05, 0) is 48.0 Å². The number of halogens is 2. The molecule has 2 amide bonds. The van der Waals surface area contributed by atoms with E-state index in [1.807, 2.05) is 0 Å². The van der Waals surface area contributed by atoms with E-state index < -0.39 is 17.6 Å². The van der Waals surface area contributed by atoms with Crippen LogP contribution in [0.3, 0.4) is 0 Å². The molecule has 0 saturated heterocycles.